The van der Waals surface area contributed by atoms with Crippen LogP contribution in [-0.2, 0) is 11.3 Å². The summed E-state index contributed by atoms with van der Waals surface area (Å²) in [6.07, 6.45) is 2.63. The summed E-state index contributed by atoms with van der Waals surface area (Å²) in [7, 11) is 0. The molecule has 1 aliphatic rings. The van der Waals surface area contributed by atoms with Crippen molar-refractivity contribution in [2.24, 2.45) is 0 Å². The number of benzene rings is 1. The predicted octanol–water partition coefficient (Wildman–Crippen LogP) is 4.00. The summed E-state index contributed by atoms with van der Waals surface area (Å²) in [6.45, 7) is 7.38. The Hall–Kier alpha value is -3.30. The molecule has 5 rings (SSSR count). The van der Waals surface area contributed by atoms with Crippen molar-refractivity contribution in [1.29, 1.82) is 0 Å². The minimum Gasteiger partial charge on any atom is -0.379 e. The third kappa shape index (κ3) is 3.98. The number of rotatable bonds is 5. The molecule has 9 nitrogen and oxygen atoms in total. The molecule has 4 heterocycles. The fraction of sp³-hybridized carbons (Fsp3) is 0.348. The summed E-state index contributed by atoms with van der Waals surface area (Å²) in [5.41, 5.74) is 3.18. The molecule has 1 aliphatic heterocycles. The minimum absolute atomic E-state index is 0.164. The molecule has 3 aromatic heterocycles. The second kappa shape index (κ2) is 8.57. The van der Waals surface area contributed by atoms with Gasteiger partial charge in [-0.3, -0.25) is 9.36 Å². The van der Waals surface area contributed by atoms with E-state index in [9.17, 15) is 4.79 Å². The molecule has 0 amide bonds. The molecule has 33 heavy (non-hydrogen) atoms. The lowest BCUT2D eigenvalue weighted by molar-refractivity contribution is 0.195. The number of nitrogens with one attached hydrogen (secondary N) is 1. The van der Waals surface area contributed by atoms with Gasteiger partial charge in [-0.05, 0) is 44.0 Å². The van der Waals surface area contributed by atoms with Crippen molar-refractivity contribution in [2.45, 2.75) is 39.8 Å². The van der Waals surface area contributed by atoms with Crippen molar-refractivity contribution in [3.8, 4) is 22.5 Å². The Morgan fingerprint density at radius 3 is 2.73 bits per heavy atom. The summed E-state index contributed by atoms with van der Waals surface area (Å²) in [6, 6.07) is 5.61. The Kier molecular flexibility index (Phi) is 5.59. The van der Waals surface area contributed by atoms with Crippen molar-refractivity contribution in [3.63, 3.8) is 0 Å². The van der Waals surface area contributed by atoms with Crippen LogP contribution in [0.4, 0.5) is 5.95 Å². The molecule has 0 unspecified atom stereocenters. The number of nitrogens with zero attached hydrogens (tertiary/aromatic N) is 5. The number of anilines is 1. The predicted molar refractivity (Wildman–Crippen MR) is 126 cm³/mol. The topological polar surface area (TPSA) is 108 Å². The van der Waals surface area contributed by atoms with E-state index in [1.54, 1.807) is 29.8 Å². The zero-order chi connectivity index (χ0) is 23.1. The summed E-state index contributed by atoms with van der Waals surface area (Å²) in [4.78, 5) is 26.8. The molecule has 1 saturated heterocycles. The van der Waals surface area contributed by atoms with Gasteiger partial charge in [0.25, 0.3) is 5.56 Å². The van der Waals surface area contributed by atoms with E-state index in [-0.39, 0.29) is 11.6 Å². The highest BCUT2D eigenvalue weighted by Crippen LogP contribution is 2.33. The first-order valence-electron chi connectivity index (χ1n) is 10.8. The van der Waals surface area contributed by atoms with Crippen LogP contribution in [0.25, 0.3) is 33.5 Å². The van der Waals surface area contributed by atoms with Crippen molar-refractivity contribution in [2.75, 3.05) is 18.5 Å². The van der Waals surface area contributed by atoms with E-state index < -0.39 is 0 Å². The molecule has 1 fully saturated rings. The Morgan fingerprint density at radius 2 is 2.03 bits per heavy atom. The van der Waals surface area contributed by atoms with Crippen molar-refractivity contribution >= 4 is 28.6 Å². The van der Waals surface area contributed by atoms with E-state index in [4.69, 9.17) is 20.9 Å². The van der Waals surface area contributed by atoms with Crippen molar-refractivity contribution in [1.82, 2.24) is 24.7 Å². The fourth-order valence-electron chi connectivity index (χ4n) is 4.08. The second-order valence-corrected chi connectivity index (χ2v) is 8.48. The number of ether oxygens (including phenoxy) is 1. The van der Waals surface area contributed by atoms with Gasteiger partial charge in [-0.2, -0.15) is 9.97 Å². The van der Waals surface area contributed by atoms with E-state index in [1.165, 1.54) is 0 Å². The molecule has 0 bridgehead atoms. The number of hydrogen-bond donors (Lipinski definition) is 1. The van der Waals surface area contributed by atoms with E-state index >= 15 is 0 Å². The summed E-state index contributed by atoms with van der Waals surface area (Å²) < 4.78 is 12.1. The fourth-order valence-corrected chi connectivity index (χ4v) is 4.35. The normalized spacial score (nSPS) is 15.9. The third-order valence-corrected chi connectivity index (χ3v) is 6.09. The number of pyridine rings is 1. The highest BCUT2D eigenvalue weighted by Gasteiger charge is 2.20. The van der Waals surface area contributed by atoms with E-state index in [2.05, 4.69) is 25.4 Å². The lowest BCUT2D eigenvalue weighted by Crippen LogP contribution is -2.24. The Balaban J connectivity index is 1.60. The molecule has 0 saturated carbocycles. The average Bonchev–Trinajstić information content (AvgIpc) is 3.46. The molecule has 10 heteroatoms. The van der Waals surface area contributed by atoms with Crippen LogP contribution in [0.15, 0.2) is 33.7 Å². The zero-order valence-corrected chi connectivity index (χ0v) is 19.3. The molecule has 1 aromatic carbocycles. The van der Waals surface area contributed by atoms with Gasteiger partial charge in [0.15, 0.2) is 0 Å². The number of aromatic nitrogens is 5. The number of halogens is 1. The monoisotopic (exact) mass is 466 g/mol. The first-order valence-corrected chi connectivity index (χ1v) is 11.2. The van der Waals surface area contributed by atoms with Gasteiger partial charge in [0.2, 0.25) is 17.7 Å². The maximum Gasteiger partial charge on any atom is 0.260 e. The van der Waals surface area contributed by atoms with Gasteiger partial charge in [0.05, 0.1) is 12.6 Å². The van der Waals surface area contributed by atoms with Gasteiger partial charge >= 0.3 is 0 Å². The van der Waals surface area contributed by atoms with Gasteiger partial charge in [0, 0.05) is 53.4 Å². The van der Waals surface area contributed by atoms with Gasteiger partial charge in [0.1, 0.15) is 5.65 Å². The van der Waals surface area contributed by atoms with Crippen LogP contribution in [0.3, 0.4) is 0 Å². The molecular formula is C23H23ClN6O3. The van der Waals surface area contributed by atoms with Crippen LogP contribution < -0.4 is 10.9 Å². The maximum absolute atomic E-state index is 13.5. The van der Waals surface area contributed by atoms with Crippen LogP contribution in [0.2, 0.25) is 5.02 Å². The van der Waals surface area contributed by atoms with Crippen LogP contribution in [0.5, 0.6) is 0 Å². The average molecular weight is 467 g/mol. The van der Waals surface area contributed by atoms with E-state index in [0.29, 0.717) is 52.6 Å². The molecule has 1 atom stereocenters. The van der Waals surface area contributed by atoms with Crippen LogP contribution in [0.1, 0.15) is 24.8 Å². The lowest BCUT2D eigenvalue weighted by atomic mass is 9.99. The Bertz CT molecular complexity index is 1410. The summed E-state index contributed by atoms with van der Waals surface area (Å²) >= 11 is 6.64. The van der Waals surface area contributed by atoms with Gasteiger partial charge in [-0.25, -0.2) is 4.98 Å². The van der Waals surface area contributed by atoms with Gasteiger partial charge in [-0.15, -0.1) is 0 Å². The highest BCUT2D eigenvalue weighted by molar-refractivity contribution is 6.33. The van der Waals surface area contributed by atoms with Crippen molar-refractivity contribution in [3.05, 3.63) is 51.2 Å². The maximum atomic E-state index is 13.5. The van der Waals surface area contributed by atoms with Gasteiger partial charge in [-0.1, -0.05) is 16.8 Å². The number of aryl methyl sites for hydroxylation is 3. The Labute approximate surface area is 194 Å². The Morgan fingerprint density at radius 1 is 1.18 bits per heavy atom. The minimum atomic E-state index is -0.164. The quantitative estimate of drug-likeness (QED) is 0.470. The molecule has 0 aliphatic carbocycles. The first-order chi connectivity index (χ1) is 15.9. The van der Waals surface area contributed by atoms with Crippen LogP contribution in [-0.4, -0.2) is 43.9 Å². The summed E-state index contributed by atoms with van der Waals surface area (Å²) in [5, 5.41) is 8.45. The number of fused-ring (bicyclic) bond motifs is 1. The summed E-state index contributed by atoms with van der Waals surface area (Å²) in [5.74, 6) is 1.42. The van der Waals surface area contributed by atoms with E-state index in [0.717, 1.165) is 29.5 Å². The molecule has 1 N–H and O–H groups in total. The lowest BCUT2D eigenvalue weighted by Gasteiger charge is -2.15. The molecule has 0 spiro atoms. The molecule has 0 radical (unpaired) electrons. The van der Waals surface area contributed by atoms with Gasteiger partial charge < -0.3 is 14.6 Å². The van der Waals surface area contributed by atoms with Crippen LogP contribution >= 0.6 is 11.6 Å². The first kappa shape index (κ1) is 21.5. The number of hydrogen-bond acceptors (Lipinski definition) is 8. The standard InChI is InChI=1S/C23H23ClN6O3/c1-4-30-21-14(10-25-23(28-21)27-15-5-6-32-11-15)8-18(22(30)31)17-7-12(2)16(9-19(17)24)20-26-13(3)33-29-20/h7-10,15H,4-6,11H2,1-3H3,(H,25,27,28)/t15-/m0/s1. The highest BCUT2D eigenvalue weighted by atomic mass is 35.5. The molecule has 170 valence electrons. The van der Waals surface area contributed by atoms with E-state index in [1.807, 2.05) is 19.9 Å². The SMILES string of the molecule is CCn1c(=O)c(-c2cc(C)c(-c3noc(C)n3)cc2Cl)cc2cnc(N[C@H]3CCOC3)nc21. The third-order valence-electron chi connectivity index (χ3n) is 5.78. The smallest absolute Gasteiger partial charge is 0.260 e. The second-order valence-electron chi connectivity index (χ2n) is 8.07. The molecule has 4 aromatic rings. The zero-order valence-electron chi connectivity index (χ0n) is 18.6. The van der Waals surface area contributed by atoms with Crippen LogP contribution in [0, 0.1) is 13.8 Å². The molecular weight excluding hydrogens is 444 g/mol. The largest absolute Gasteiger partial charge is 0.379 e. The van der Waals surface area contributed by atoms with Crippen molar-refractivity contribution < 1.29 is 9.26 Å².